The highest BCUT2D eigenvalue weighted by Gasteiger charge is 2.07. The van der Waals surface area contributed by atoms with Gasteiger partial charge in [-0.3, -0.25) is 4.40 Å². The molecule has 3 nitrogen and oxygen atoms in total. The smallest absolute Gasteiger partial charge is 0.346 e. The molecule has 0 aliphatic rings. The Morgan fingerprint density at radius 3 is 2.93 bits per heavy atom. The van der Waals surface area contributed by atoms with Crippen LogP contribution in [0.5, 0.6) is 0 Å². The predicted octanol–water partition coefficient (Wildman–Crippen LogP) is 2.35. The summed E-state index contributed by atoms with van der Waals surface area (Å²) in [6.45, 7) is 1.99. The molecule has 0 N–H and O–H groups in total. The van der Waals surface area contributed by atoms with Gasteiger partial charge in [-0.2, -0.15) is 0 Å². The zero-order valence-electron chi connectivity index (χ0n) is 8.23. The van der Waals surface area contributed by atoms with Crippen LogP contribution < -0.4 is 5.63 Å². The standard InChI is InChI=1S/C12H9NO2/c1-8-4-2-5-9-11(8)13-7-3-6-10(13)15-12(9)14/h2-7H,1H3. The fourth-order valence-electron chi connectivity index (χ4n) is 1.93. The van der Waals surface area contributed by atoms with Crippen LogP contribution in [0.3, 0.4) is 0 Å². The minimum atomic E-state index is -0.278. The molecule has 0 spiro atoms. The second-order valence-corrected chi connectivity index (χ2v) is 3.58. The van der Waals surface area contributed by atoms with Gasteiger partial charge in [0.15, 0.2) is 0 Å². The molecule has 74 valence electrons. The summed E-state index contributed by atoms with van der Waals surface area (Å²) in [5, 5.41) is 0.624. The quantitative estimate of drug-likeness (QED) is 0.557. The Morgan fingerprint density at radius 2 is 2.07 bits per heavy atom. The van der Waals surface area contributed by atoms with Crippen molar-refractivity contribution in [1.29, 1.82) is 0 Å². The summed E-state index contributed by atoms with van der Waals surface area (Å²) in [7, 11) is 0. The van der Waals surface area contributed by atoms with E-state index in [1.54, 1.807) is 12.1 Å². The second-order valence-electron chi connectivity index (χ2n) is 3.58. The van der Waals surface area contributed by atoms with Crippen molar-refractivity contribution in [3.63, 3.8) is 0 Å². The van der Waals surface area contributed by atoms with E-state index in [-0.39, 0.29) is 5.63 Å². The van der Waals surface area contributed by atoms with Gasteiger partial charge < -0.3 is 4.42 Å². The average Bonchev–Trinajstić information content (AvgIpc) is 2.66. The van der Waals surface area contributed by atoms with E-state index >= 15 is 0 Å². The molecule has 0 amide bonds. The lowest BCUT2D eigenvalue weighted by molar-refractivity contribution is 0.549. The summed E-state index contributed by atoms with van der Waals surface area (Å²) in [5.41, 5.74) is 2.30. The topological polar surface area (TPSA) is 34.6 Å². The molecule has 0 radical (unpaired) electrons. The lowest BCUT2D eigenvalue weighted by atomic mass is 10.1. The summed E-state index contributed by atoms with van der Waals surface area (Å²) in [6, 6.07) is 9.29. The maximum Gasteiger partial charge on any atom is 0.346 e. The fourth-order valence-corrected chi connectivity index (χ4v) is 1.93. The van der Waals surface area contributed by atoms with Gasteiger partial charge in [0.25, 0.3) is 0 Å². The molecule has 1 aromatic carbocycles. The van der Waals surface area contributed by atoms with Crippen molar-refractivity contribution in [2.24, 2.45) is 0 Å². The number of para-hydroxylation sites is 1. The van der Waals surface area contributed by atoms with Crippen LogP contribution in [0.25, 0.3) is 16.6 Å². The molecule has 0 atom stereocenters. The summed E-state index contributed by atoms with van der Waals surface area (Å²) in [5.74, 6) is 0. The van der Waals surface area contributed by atoms with E-state index in [9.17, 15) is 4.79 Å². The molecule has 0 unspecified atom stereocenters. The van der Waals surface area contributed by atoms with E-state index in [0.29, 0.717) is 11.1 Å². The monoisotopic (exact) mass is 199 g/mol. The zero-order chi connectivity index (χ0) is 10.4. The first kappa shape index (κ1) is 8.29. The van der Waals surface area contributed by atoms with Crippen LogP contribution >= 0.6 is 0 Å². The molecule has 3 aromatic rings. The molecule has 0 aliphatic carbocycles. The van der Waals surface area contributed by atoms with Crippen LogP contribution in [-0.4, -0.2) is 4.40 Å². The summed E-state index contributed by atoms with van der Waals surface area (Å²) >= 11 is 0. The van der Waals surface area contributed by atoms with Crippen LogP contribution in [0.2, 0.25) is 0 Å². The van der Waals surface area contributed by atoms with E-state index in [4.69, 9.17) is 4.42 Å². The molecular weight excluding hydrogens is 190 g/mol. The molecule has 0 aliphatic heterocycles. The maximum absolute atomic E-state index is 11.7. The lowest BCUT2D eigenvalue weighted by Gasteiger charge is -2.03. The highest BCUT2D eigenvalue weighted by molar-refractivity contribution is 5.82. The van der Waals surface area contributed by atoms with Crippen LogP contribution in [0, 0.1) is 6.92 Å². The Labute approximate surface area is 85.6 Å². The van der Waals surface area contributed by atoms with Gasteiger partial charge >= 0.3 is 5.63 Å². The minimum absolute atomic E-state index is 0.278. The summed E-state index contributed by atoms with van der Waals surface area (Å²) in [4.78, 5) is 11.7. The van der Waals surface area contributed by atoms with Crippen molar-refractivity contribution in [3.05, 3.63) is 52.5 Å². The number of hydrogen-bond donors (Lipinski definition) is 0. The number of aromatic nitrogens is 1. The van der Waals surface area contributed by atoms with Crippen molar-refractivity contribution in [2.45, 2.75) is 6.92 Å². The third-order valence-electron chi connectivity index (χ3n) is 2.61. The predicted molar refractivity (Wildman–Crippen MR) is 58.2 cm³/mol. The van der Waals surface area contributed by atoms with Crippen LogP contribution in [0.1, 0.15) is 5.56 Å². The van der Waals surface area contributed by atoms with Gasteiger partial charge in [-0.25, -0.2) is 4.79 Å². The normalized spacial score (nSPS) is 11.3. The molecule has 0 fully saturated rings. The molecule has 0 bridgehead atoms. The van der Waals surface area contributed by atoms with Gasteiger partial charge in [-0.05, 0) is 24.6 Å². The number of rotatable bonds is 0. The number of aryl methyl sites for hydroxylation is 1. The van der Waals surface area contributed by atoms with E-state index in [2.05, 4.69) is 0 Å². The zero-order valence-corrected chi connectivity index (χ0v) is 8.23. The van der Waals surface area contributed by atoms with Gasteiger partial charge in [-0.1, -0.05) is 12.1 Å². The lowest BCUT2D eigenvalue weighted by Crippen LogP contribution is -2.03. The molecule has 3 rings (SSSR count). The number of benzene rings is 1. The number of fused-ring (bicyclic) bond motifs is 3. The Balaban J connectivity index is 2.76. The summed E-state index contributed by atoms with van der Waals surface area (Å²) in [6.07, 6.45) is 1.90. The van der Waals surface area contributed by atoms with Gasteiger partial charge in [0.05, 0.1) is 10.9 Å². The van der Waals surface area contributed by atoms with E-state index < -0.39 is 0 Å². The van der Waals surface area contributed by atoms with Crippen molar-refractivity contribution in [2.75, 3.05) is 0 Å². The van der Waals surface area contributed by atoms with Crippen LogP contribution in [-0.2, 0) is 0 Å². The summed E-state index contributed by atoms with van der Waals surface area (Å²) < 4.78 is 7.07. The molecular formula is C12H9NO2. The Bertz CT molecular complexity index is 706. The largest absolute Gasteiger partial charge is 0.405 e. The average molecular weight is 199 g/mol. The minimum Gasteiger partial charge on any atom is -0.405 e. The van der Waals surface area contributed by atoms with Gasteiger partial charge in [0, 0.05) is 12.3 Å². The maximum atomic E-state index is 11.7. The van der Waals surface area contributed by atoms with Crippen molar-refractivity contribution >= 4 is 16.6 Å². The van der Waals surface area contributed by atoms with E-state index in [0.717, 1.165) is 11.1 Å². The van der Waals surface area contributed by atoms with Crippen molar-refractivity contribution in [3.8, 4) is 0 Å². The van der Waals surface area contributed by atoms with Gasteiger partial charge in [-0.15, -0.1) is 0 Å². The van der Waals surface area contributed by atoms with E-state index in [1.807, 2.05) is 35.7 Å². The highest BCUT2D eigenvalue weighted by Crippen LogP contribution is 2.17. The Morgan fingerprint density at radius 1 is 1.20 bits per heavy atom. The SMILES string of the molecule is Cc1cccc2c(=O)oc3cccn3c12. The molecule has 3 heteroatoms. The molecule has 2 heterocycles. The molecule has 2 aromatic heterocycles. The highest BCUT2D eigenvalue weighted by atomic mass is 16.4. The third-order valence-corrected chi connectivity index (χ3v) is 2.61. The number of nitrogens with zero attached hydrogens (tertiary/aromatic N) is 1. The second kappa shape index (κ2) is 2.73. The van der Waals surface area contributed by atoms with Crippen molar-refractivity contribution in [1.82, 2.24) is 4.40 Å². The molecule has 0 saturated heterocycles. The van der Waals surface area contributed by atoms with Gasteiger partial charge in [0.2, 0.25) is 5.71 Å². The fraction of sp³-hybridized carbons (Fsp3) is 0.0833. The molecule has 0 saturated carbocycles. The van der Waals surface area contributed by atoms with Crippen LogP contribution in [0.15, 0.2) is 45.7 Å². The first-order chi connectivity index (χ1) is 7.27. The first-order valence-corrected chi connectivity index (χ1v) is 4.77. The van der Waals surface area contributed by atoms with Crippen LogP contribution in [0.4, 0.5) is 0 Å². The Kier molecular flexibility index (Phi) is 1.51. The number of hydrogen-bond acceptors (Lipinski definition) is 2. The molecule has 15 heavy (non-hydrogen) atoms. The van der Waals surface area contributed by atoms with Gasteiger partial charge in [0.1, 0.15) is 0 Å². The Hall–Kier alpha value is -2.03. The third kappa shape index (κ3) is 1.03. The van der Waals surface area contributed by atoms with E-state index in [1.165, 1.54) is 0 Å². The van der Waals surface area contributed by atoms with Crippen molar-refractivity contribution < 1.29 is 4.42 Å². The first-order valence-electron chi connectivity index (χ1n) is 4.77.